The number of anilines is 1. The Kier molecular flexibility index (Phi) is 4.54. The maximum absolute atomic E-state index is 11.0. The Morgan fingerprint density at radius 2 is 2.30 bits per heavy atom. The van der Waals surface area contributed by atoms with Gasteiger partial charge in [0.15, 0.2) is 0 Å². The number of nitrogens with one attached hydrogen (secondary N) is 1. The zero-order valence-electron chi connectivity index (χ0n) is 11.0. The van der Waals surface area contributed by atoms with Crippen molar-refractivity contribution in [1.29, 1.82) is 0 Å². The Hall–Kier alpha value is -2.57. The van der Waals surface area contributed by atoms with E-state index in [4.69, 9.17) is 9.15 Å². The number of furan rings is 1. The van der Waals surface area contributed by atoms with E-state index in [0.29, 0.717) is 11.6 Å². The van der Waals surface area contributed by atoms with Gasteiger partial charge in [-0.15, -0.1) is 0 Å². The van der Waals surface area contributed by atoms with E-state index in [9.17, 15) is 10.1 Å². The summed E-state index contributed by atoms with van der Waals surface area (Å²) >= 11 is 0. The van der Waals surface area contributed by atoms with Gasteiger partial charge in [0.2, 0.25) is 0 Å². The molecule has 2 aromatic heterocycles. The van der Waals surface area contributed by atoms with Crippen LogP contribution in [0.15, 0.2) is 34.9 Å². The molecule has 0 amide bonds. The van der Waals surface area contributed by atoms with Crippen molar-refractivity contribution < 1.29 is 14.1 Å². The maximum atomic E-state index is 11.0. The Bertz CT molecular complexity index is 569. The van der Waals surface area contributed by atoms with Gasteiger partial charge in [-0.1, -0.05) is 6.92 Å². The van der Waals surface area contributed by atoms with Gasteiger partial charge in [0.05, 0.1) is 11.2 Å². The van der Waals surface area contributed by atoms with Crippen LogP contribution in [0.5, 0.6) is 5.88 Å². The predicted molar refractivity (Wildman–Crippen MR) is 72.7 cm³/mol. The Morgan fingerprint density at radius 1 is 1.45 bits per heavy atom. The molecule has 0 spiro atoms. The molecule has 0 aliphatic rings. The number of rotatable bonds is 7. The van der Waals surface area contributed by atoms with Gasteiger partial charge in [0, 0.05) is 12.6 Å². The molecule has 0 aliphatic carbocycles. The molecular formula is C13H15N3O4. The minimum atomic E-state index is -0.520. The molecule has 20 heavy (non-hydrogen) atoms. The van der Waals surface area contributed by atoms with Gasteiger partial charge in [0.1, 0.15) is 18.2 Å². The smallest absolute Gasteiger partial charge is 0.331 e. The first-order valence-corrected chi connectivity index (χ1v) is 6.25. The maximum Gasteiger partial charge on any atom is 0.331 e. The molecule has 0 aliphatic heterocycles. The lowest BCUT2D eigenvalue weighted by Gasteiger charge is -2.07. The quantitative estimate of drug-likeness (QED) is 0.618. The van der Waals surface area contributed by atoms with E-state index < -0.39 is 4.92 Å². The lowest BCUT2D eigenvalue weighted by atomic mass is 10.4. The summed E-state index contributed by atoms with van der Waals surface area (Å²) in [7, 11) is 0. The van der Waals surface area contributed by atoms with E-state index in [1.807, 2.05) is 6.92 Å². The second-order valence-electron chi connectivity index (χ2n) is 4.07. The van der Waals surface area contributed by atoms with Crippen molar-refractivity contribution in [3.8, 4) is 5.88 Å². The van der Waals surface area contributed by atoms with Crippen LogP contribution >= 0.6 is 0 Å². The zero-order valence-corrected chi connectivity index (χ0v) is 11.0. The van der Waals surface area contributed by atoms with Crippen LogP contribution in [-0.2, 0) is 6.61 Å². The Labute approximate surface area is 115 Å². The number of hydrogen-bond donors (Lipinski definition) is 1. The van der Waals surface area contributed by atoms with Crippen LogP contribution < -0.4 is 10.1 Å². The number of aromatic nitrogens is 1. The van der Waals surface area contributed by atoms with Crippen LogP contribution in [0.3, 0.4) is 0 Å². The molecule has 0 aromatic carbocycles. The first kappa shape index (κ1) is 13.9. The number of ether oxygens (including phenoxy) is 1. The van der Waals surface area contributed by atoms with Crippen molar-refractivity contribution >= 4 is 11.5 Å². The Balaban J connectivity index is 2.15. The molecule has 0 atom stereocenters. The van der Waals surface area contributed by atoms with E-state index in [0.717, 1.165) is 13.0 Å². The van der Waals surface area contributed by atoms with Crippen LogP contribution in [0.25, 0.3) is 0 Å². The van der Waals surface area contributed by atoms with Crippen LogP contribution in [0, 0.1) is 10.1 Å². The summed E-state index contributed by atoms with van der Waals surface area (Å²) < 4.78 is 10.5. The highest BCUT2D eigenvalue weighted by molar-refractivity contribution is 5.49. The fourth-order valence-electron chi connectivity index (χ4n) is 1.56. The molecule has 0 radical (unpaired) electrons. The molecule has 0 saturated heterocycles. The largest absolute Gasteiger partial charge is 0.466 e. The molecule has 7 heteroatoms. The SMILES string of the molecule is CCCNc1ccc([N+](=O)[O-])c(OCc2ccco2)n1. The van der Waals surface area contributed by atoms with Crippen molar-refractivity contribution in [1.82, 2.24) is 4.98 Å². The van der Waals surface area contributed by atoms with Crippen LogP contribution in [0.2, 0.25) is 0 Å². The number of nitrogens with zero attached hydrogens (tertiary/aromatic N) is 2. The summed E-state index contributed by atoms with van der Waals surface area (Å²) in [6, 6.07) is 6.39. The monoisotopic (exact) mass is 277 g/mol. The topological polar surface area (TPSA) is 90.4 Å². The molecule has 7 nitrogen and oxygen atoms in total. The number of nitro groups is 1. The first-order valence-electron chi connectivity index (χ1n) is 6.25. The highest BCUT2D eigenvalue weighted by atomic mass is 16.6. The molecule has 0 unspecified atom stereocenters. The standard InChI is InChI=1S/C13H15N3O4/c1-2-7-14-12-6-5-11(16(17)18)13(15-12)20-9-10-4-3-8-19-10/h3-6,8H,2,7,9H2,1H3,(H,14,15). The molecule has 2 aromatic rings. The normalized spacial score (nSPS) is 10.2. The minimum Gasteiger partial charge on any atom is -0.466 e. The third-order valence-corrected chi connectivity index (χ3v) is 2.52. The summed E-state index contributed by atoms with van der Waals surface area (Å²) in [5, 5.41) is 14.0. The average Bonchev–Trinajstić information content (AvgIpc) is 2.96. The summed E-state index contributed by atoms with van der Waals surface area (Å²) in [5.74, 6) is 1.10. The molecule has 2 rings (SSSR count). The Morgan fingerprint density at radius 3 is 2.95 bits per heavy atom. The van der Waals surface area contributed by atoms with Crippen molar-refractivity contribution in [3.05, 3.63) is 46.4 Å². The van der Waals surface area contributed by atoms with Gasteiger partial charge in [-0.3, -0.25) is 10.1 Å². The summed E-state index contributed by atoms with van der Waals surface area (Å²) in [4.78, 5) is 14.5. The van der Waals surface area contributed by atoms with Crippen LogP contribution in [-0.4, -0.2) is 16.5 Å². The first-order chi connectivity index (χ1) is 9.70. The second-order valence-corrected chi connectivity index (χ2v) is 4.07. The van der Waals surface area contributed by atoms with Crippen molar-refractivity contribution in [3.63, 3.8) is 0 Å². The highest BCUT2D eigenvalue weighted by Gasteiger charge is 2.18. The van der Waals surface area contributed by atoms with Crippen molar-refractivity contribution in [2.75, 3.05) is 11.9 Å². The number of pyridine rings is 1. The van der Waals surface area contributed by atoms with E-state index in [2.05, 4.69) is 10.3 Å². The van der Waals surface area contributed by atoms with E-state index in [1.165, 1.54) is 12.3 Å². The third-order valence-electron chi connectivity index (χ3n) is 2.52. The van der Waals surface area contributed by atoms with Gasteiger partial charge in [-0.05, 0) is 24.6 Å². The van der Waals surface area contributed by atoms with E-state index in [-0.39, 0.29) is 18.2 Å². The van der Waals surface area contributed by atoms with E-state index >= 15 is 0 Å². The van der Waals surface area contributed by atoms with Gasteiger partial charge in [0.25, 0.3) is 5.88 Å². The van der Waals surface area contributed by atoms with Crippen LogP contribution in [0.1, 0.15) is 19.1 Å². The van der Waals surface area contributed by atoms with Crippen molar-refractivity contribution in [2.24, 2.45) is 0 Å². The number of hydrogen-bond acceptors (Lipinski definition) is 6. The summed E-state index contributed by atoms with van der Waals surface area (Å²) in [5.41, 5.74) is -0.168. The molecule has 0 fully saturated rings. The fraction of sp³-hybridized carbons (Fsp3) is 0.308. The van der Waals surface area contributed by atoms with E-state index in [1.54, 1.807) is 18.2 Å². The molecule has 2 heterocycles. The molecule has 0 saturated carbocycles. The highest BCUT2D eigenvalue weighted by Crippen LogP contribution is 2.27. The molecule has 106 valence electrons. The lowest BCUT2D eigenvalue weighted by Crippen LogP contribution is -2.05. The fourth-order valence-corrected chi connectivity index (χ4v) is 1.56. The molecular weight excluding hydrogens is 262 g/mol. The minimum absolute atomic E-state index is 0.0208. The summed E-state index contributed by atoms with van der Waals surface area (Å²) in [6.07, 6.45) is 2.45. The van der Waals surface area contributed by atoms with Gasteiger partial charge in [-0.25, -0.2) is 0 Å². The van der Waals surface area contributed by atoms with Gasteiger partial charge in [-0.2, -0.15) is 4.98 Å². The summed E-state index contributed by atoms with van der Waals surface area (Å²) in [6.45, 7) is 2.85. The van der Waals surface area contributed by atoms with Crippen molar-refractivity contribution in [2.45, 2.75) is 20.0 Å². The molecule has 1 N–H and O–H groups in total. The lowest BCUT2D eigenvalue weighted by molar-refractivity contribution is -0.386. The predicted octanol–water partition coefficient (Wildman–Crippen LogP) is 2.98. The van der Waals surface area contributed by atoms with Gasteiger partial charge < -0.3 is 14.5 Å². The second kappa shape index (κ2) is 6.55. The molecule has 0 bridgehead atoms. The average molecular weight is 277 g/mol. The van der Waals surface area contributed by atoms with Gasteiger partial charge >= 0.3 is 5.69 Å². The zero-order chi connectivity index (χ0) is 14.4. The third kappa shape index (κ3) is 3.47. The van der Waals surface area contributed by atoms with Crippen LogP contribution in [0.4, 0.5) is 11.5 Å².